The van der Waals surface area contributed by atoms with E-state index in [0.29, 0.717) is 12.2 Å². The van der Waals surface area contributed by atoms with Gasteiger partial charge in [0.1, 0.15) is 5.60 Å². The molecule has 7 nitrogen and oxygen atoms in total. The first-order valence-electron chi connectivity index (χ1n) is 9.50. The molecule has 28 heavy (non-hydrogen) atoms. The fourth-order valence-corrected chi connectivity index (χ4v) is 3.29. The van der Waals surface area contributed by atoms with Crippen molar-refractivity contribution in [2.75, 3.05) is 40.0 Å². The molecule has 0 fully saturated rings. The Hall–Kier alpha value is -2.54. The number of ether oxygens (including phenoxy) is 1. The average Bonchev–Trinajstić information content (AvgIpc) is 2.99. The number of nitrogens with zero attached hydrogens (tertiary/aromatic N) is 4. The lowest BCUT2D eigenvalue weighted by atomic mass is 9.92. The van der Waals surface area contributed by atoms with Crippen LogP contribution in [-0.4, -0.2) is 65.5 Å². The maximum Gasteiger partial charge on any atom is 0.410 e. The number of carbonyl (C=O) groups is 1. The van der Waals surface area contributed by atoms with E-state index in [0.717, 1.165) is 12.1 Å². The molecule has 0 aliphatic rings. The molecule has 2 aromatic rings. The van der Waals surface area contributed by atoms with Gasteiger partial charge < -0.3 is 20.3 Å². The summed E-state index contributed by atoms with van der Waals surface area (Å²) in [6, 6.07) is 10.1. The zero-order valence-electron chi connectivity index (χ0n) is 17.8. The Labute approximate surface area is 168 Å². The van der Waals surface area contributed by atoms with E-state index in [9.17, 15) is 4.79 Å². The van der Waals surface area contributed by atoms with Crippen LogP contribution >= 0.6 is 0 Å². The number of carbonyl (C=O) groups excluding carboxylic acids is 1. The van der Waals surface area contributed by atoms with Crippen LogP contribution in [0.4, 0.5) is 10.5 Å². The van der Waals surface area contributed by atoms with Gasteiger partial charge in [-0.3, -0.25) is 4.68 Å². The fraction of sp³-hybridized carbons (Fsp3) is 0.524. The molecule has 0 saturated heterocycles. The van der Waals surface area contributed by atoms with Crippen LogP contribution in [0.1, 0.15) is 32.4 Å². The number of anilines is 1. The van der Waals surface area contributed by atoms with Crippen molar-refractivity contribution in [1.82, 2.24) is 19.6 Å². The molecule has 1 aromatic heterocycles. The van der Waals surface area contributed by atoms with Crippen LogP contribution < -0.4 is 5.73 Å². The summed E-state index contributed by atoms with van der Waals surface area (Å²) >= 11 is 0. The Morgan fingerprint density at radius 3 is 2.32 bits per heavy atom. The largest absolute Gasteiger partial charge is 0.444 e. The second-order valence-corrected chi connectivity index (χ2v) is 8.49. The van der Waals surface area contributed by atoms with Gasteiger partial charge in [0.25, 0.3) is 0 Å². The van der Waals surface area contributed by atoms with Gasteiger partial charge in [-0.05, 0) is 40.4 Å². The van der Waals surface area contributed by atoms with Crippen LogP contribution in [0.15, 0.2) is 42.7 Å². The minimum Gasteiger partial charge on any atom is -0.444 e. The first-order valence-corrected chi connectivity index (χ1v) is 9.50. The molecule has 154 valence electrons. The van der Waals surface area contributed by atoms with Crippen molar-refractivity contribution in [1.29, 1.82) is 0 Å². The quantitative estimate of drug-likeness (QED) is 0.790. The summed E-state index contributed by atoms with van der Waals surface area (Å²) in [5, 5.41) is 4.47. The number of hydrogen-bond acceptors (Lipinski definition) is 5. The average molecular weight is 388 g/mol. The number of amides is 1. The van der Waals surface area contributed by atoms with E-state index in [4.69, 9.17) is 10.5 Å². The Morgan fingerprint density at radius 1 is 1.18 bits per heavy atom. The fourth-order valence-electron chi connectivity index (χ4n) is 3.29. The molecule has 2 atom stereocenters. The molecule has 0 bridgehead atoms. The molecule has 1 heterocycles. The molecule has 0 spiro atoms. The SMILES string of the molecule is CN(C)CC(CN(C)C(=O)OC(C)(C)C)C(c1ccccc1)n1cc(N)cn1. The molecule has 7 heteroatoms. The van der Waals surface area contributed by atoms with Gasteiger partial charge in [0.05, 0.1) is 17.9 Å². The minimum atomic E-state index is -0.530. The van der Waals surface area contributed by atoms with Crippen molar-refractivity contribution in [3.8, 4) is 0 Å². The molecule has 2 rings (SSSR count). The minimum absolute atomic E-state index is 0.0641. The lowest BCUT2D eigenvalue weighted by Crippen LogP contribution is -2.42. The zero-order valence-corrected chi connectivity index (χ0v) is 17.8. The highest BCUT2D eigenvalue weighted by Gasteiger charge is 2.30. The van der Waals surface area contributed by atoms with E-state index in [2.05, 4.69) is 22.1 Å². The Morgan fingerprint density at radius 2 is 1.82 bits per heavy atom. The second kappa shape index (κ2) is 9.10. The second-order valence-electron chi connectivity index (χ2n) is 8.49. The third-order valence-corrected chi connectivity index (χ3v) is 4.31. The monoisotopic (exact) mass is 387 g/mol. The first kappa shape index (κ1) is 21.8. The molecule has 0 aliphatic heterocycles. The number of hydrogen-bond donors (Lipinski definition) is 1. The van der Waals surface area contributed by atoms with Gasteiger partial charge in [0, 0.05) is 32.3 Å². The van der Waals surface area contributed by atoms with Crippen LogP contribution in [0.3, 0.4) is 0 Å². The van der Waals surface area contributed by atoms with Gasteiger partial charge in [-0.15, -0.1) is 0 Å². The lowest BCUT2D eigenvalue weighted by molar-refractivity contribution is 0.0251. The smallest absolute Gasteiger partial charge is 0.410 e. The summed E-state index contributed by atoms with van der Waals surface area (Å²) in [5.74, 6) is 0.0780. The van der Waals surface area contributed by atoms with Gasteiger partial charge in [0.15, 0.2) is 0 Å². The van der Waals surface area contributed by atoms with Crippen LogP contribution in [0, 0.1) is 5.92 Å². The van der Waals surface area contributed by atoms with E-state index in [1.165, 1.54) is 0 Å². The maximum absolute atomic E-state index is 12.5. The molecule has 0 radical (unpaired) electrons. The molecule has 1 amide bonds. The Bertz CT molecular complexity index is 752. The van der Waals surface area contributed by atoms with Crippen molar-refractivity contribution in [2.45, 2.75) is 32.4 Å². The predicted octanol–water partition coefficient (Wildman–Crippen LogP) is 3.10. The highest BCUT2D eigenvalue weighted by Crippen LogP contribution is 2.28. The van der Waals surface area contributed by atoms with Crippen LogP contribution in [0.25, 0.3) is 0 Å². The molecule has 0 aliphatic carbocycles. The summed E-state index contributed by atoms with van der Waals surface area (Å²) < 4.78 is 7.42. The third-order valence-electron chi connectivity index (χ3n) is 4.31. The topological polar surface area (TPSA) is 76.6 Å². The summed E-state index contributed by atoms with van der Waals surface area (Å²) in [4.78, 5) is 16.3. The van der Waals surface area contributed by atoms with E-state index in [1.54, 1.807) is 18.1 Å². The van der Waals surface area contributed by atoms with Gasteiger partial charge >= 0.3 is 6.09 Å². The molecular weight excluding hydrogens is 354 g/mol. The third kappa shape index (κ3) is 6.27. The van der Waals surface area contributed by atoms with E-state index in [1.807, 2.05) is 63.9 Å². The summed E-state index contributed by atoms with van der Waals surface area (Å²) in [7, 11) is 5.83. The van der Waals surface area contributed by atoms with Crippen molar-refractivity contribution in [2.24, 2.45) is 5.92 Å². The van der Waals surface area contributed by atoms with Crippen LogP contribution in [-0.2, 0) is 4.74 Å². The number of nitrogen functional groups attached to an aromatic ring is 1. The van der Waals surface area contributed by atoms with Crippen molar-refractivity contribution in [3.63, 3.8) is 0 Å². The number of aromatic nitrogens is 2. The predicted molar refractivity (Wildman–Crippen MR) is 112 cm³/mol. The Kier molecular flexibility index (Phi) is 7.07. The highest BCUT2D eigenvalue weighted by molar-refractivity contribution is 5.67. The Balaban J connectivity index is 2.34. The van der Waals surface area contributed by atoms with E-state index < -0.39 is 5.60 Å². The number of nitrogens with two attached hydrogens (primary N) is 1. The van der Waals surface area contributed by atoms with Crippen LogP contribution in [0.5, 0.6) is 0 Å². The van der Waals surface area contributed by atoms with E-state index >= 15 is 0 Å². The summed E-state index contributed by atoms with van der Waals surface area (Å²) in [6.45, 7) is 6.90. The van der Waals surface area contributed by atoms with E-state index in [-0.39, 0.29) is 18.1 Å². The summed E-state index contributed by atoms with van der Waals surface area (Å²) in [6.07, 6.45) is 3.16. The molecule has 2 N–H and O–H groups in total. The van der Waals surface area contributed by atoms with Gasteiger partial charge in [-0.25, -0.2) is 4.79 Å². The molecule has 2 unspecified atom stereocenters. The van der Waals surface area contributed by atoms with Crippen molar-refractivity contribution >= 4 is 11.8 Å². The lowest BCUT2D eigenvalue weighted by Gasteiger charge is -2.34. The van der Waals surface area contributed by atoms with Gasteiger partial charge in [-0.2, -0.15) is 5.10 Å². The van der Waals surface area contributed by atoms with Crippen LogP contribution in [0.2, 0.25) is 0 Å². The first-order chi connectivity index (χ1) is 13.1. The standard InChI is InChI=1S/C21H33N5O2/c1-21(2,3)28-20(27)25(6)14-17(13-24(4)5)19(16-10-8-7-9-11-16)26-15-18(22)12-23-26/h7-12,15,17,19H,13-14,22H2,1-6H3. The zero-order chi connectivity index (χ0) is 20.9. The number of benzene rings is 1. The normalized spacial score (nSPS) is 14.0. The summed E-state index contributed by atoms with van der Waals surface area (Å²) in [5.41, 5.74) is 7.14. The van der Waals surface area contributed by atoms with Crippen molar-refractivity contribution < 1.29 is 9.53 Å². The highest BCUT2D eigenvalue weighted by atomic mass is 16.6. The molecule has 1 aromatic carbocycles. The van der Waals surface area contributed by atoms with Gasteiger partial charge in [0.2, 0.25) is 0 Å². The number of rotatable bonds is 7. The maximum atomic E-state index is 12.5. The molecule has 0 saturated carbocycles. The molecular formula is C21H33N5O2. The van der Waals surface area contributed by atoms with Gasteiger partial charge in [-0.1, -0.05) is 30.3 Å². The van der Waals surface area contributed by atoms with Crippen molar-refractivity contribution in [3.05, 3.63) is 48.3 Å².